The smallest absolute Gasteiger partial charge is 0.300 e. The van der Waals surface area contributed by atoms with E-state index in [1.807, 2.05) is 0 Å². The number of anilines is 1. The van der Waals surface area contributed by atoms with Crippen molar-refractivity contribution in [3.63, 3.8) is 0 Å². The zero-order valence-corrected chi connectivity index (χ0v) is 25.8. The summed E-state index contributed by atoms with van der Waals surface area (Å²) in [7, 11) is -3.62. The Morgan fingerprint density at radius 1 is 0.812 bits per heavy atom. The van der Waals surface area contributed by atoms with Gasteiger partial charge in [0.1, 0.15) is 0 Å². The lowest BCUT2D eigenvalue weighted by Crippen LogP contribution is -2.40. The molecule has 0 N–H and O–H groups in total. The second-order valence-corrected chi connectivity index (χ2v) is 12.5. The maximum absolute atomic E-state index is 14.1. The summed E-state index contributed by atoms with van der Waals surface area (Å²) in [6, 6.07) is 14.9. The largest absolute Gasteiger partial charge is 0.416 e. The highest BCUT2D eigenvalue weighted by molar-refractivity contribution is 7.89. The highest BCUT2D eigenvalue weighted by Gasteiger charge is 2.40. The molecule has 4 aromatic rings. The lowest BCUT2D eigenvalue weighted by molar-refractivity contribution is -0.384. The molecule has 0 aromatic heterocycles. The van der Waals surface area contributed by atoms with E-state index in [1.54, 1.807) is 6.92 Å². The highest BCUT2D eigenvalue weighted by atomic mass is 32.2. The third kappa shape index (κ3) is 7.82. The van der Waals surface area contributed by atoms with Crippen LogP contribution in [0.4, 0.5) is 37.7 Å². The summed E-state index contributed by atoms with van der Waals surface area (Å²) in [6.07, 6.45) is -11.6. The van der Waals surface area contributed by atoms with Gasteiger partial charge in [-0.3, -0.25) is 19.7 Å². The average Bonchev–Trinajstić information content (AvgIpc) is 3.03. The van der Waals surface area contributed by atoms with Crippen LogP contribution in [-0.2, 0) is 27.2 Å². The van der Waals surface area contributed by atoms with Crippen molar-refractivity contribution in [2.45, 2.75) is 36.6 Å². The van der Waals surface area contributed by atoms with Crippen molar-refractivity contribution < 1.29 is 49.3 Å². The number of non-ortho nitro benzene ring substituents is 1. The van der Waals surface area contributed by atoms with Gasteiger partial charge < -0.3 is 4.90 Å². The molecular weight excluding hydrogens is 668 g/mol. The van der Waals surface area contributed by atoms with Crippen LogP contribution in [-0.4, -0.2) is 36.5 Å². The van der Waals surface area contributed by atoms with Crippen LogP contribution in [0.2, 0.25) is 0 Å². The summed E-state index contributed by atoms with van der Waals surface area (Å²) >= 11 is 0. The normalized spacial score (nSPS) is 12.7. The first-order valence-corrected chi connectivity index (χ1v) is 15.3. The molecule has 0 aliphatic heterocycles. The number of halogens is 6. The second kappa shape index (κ2) is 13.5. The van der Waals surface area contributed by atoms with Crippen LogP contribution in [0.25, 0.3) is 0 Å². The third-order valence-electron chi connectivity index (χ3n) is 7.29. The molecule has 0 aliphatic rings. The van der Waals surface area contributed by atoms with E-state index in [4.69, 9.17) is 0 Å². The fourth-order valence-corrected chi connectivity index (χ4v) is 5.85. The van der Waals surface area contributed by atoms with Gasteiger partial charge in [-0.25, -0.2) is 12.7 Å². The van der Waals surface area contributed by atoms with E-state index >= 15 is 0 Å². The number of aryl methyl sites for hydroxylation is 1. The first kappa shape index (κ1) is 35.6. The first-order chi connectivity index (χ1) is 22.3. The number of amides is 2. The van der Waals surface area contributed by atoms with Crippen molar-refractivity contribution in [2.24, 2.45) is 0 Å². The molecule has 0 heterocycles. The molecule has 0 aliphatic carbocycles. The van der Waals surface area contributed by atoms with E-state index in [0.717, 1.165) is 31.3 Å². The van der Waals surface area contributed by atoms with Crippen molar-refractivity contribution >= 4 is 33.2 Å². The number of sulfonamides is 1. The van der Waals surface area contributed by atoms with Crippen LogP contribution in [0.3, 0.4) is 0 Å². The number of carbonyl (C=O) groups excluding carboxylic acids is 2. The molecule has 0 unspecified atom stereocenters. The van der Waals surface area contributed by atoms with E-state index in [-0.39, 0.29) is 22.1 Å². The fraction of sp³-hybridized carbons (Fsp3) is 0.188. The Labute approximate surface area is 270 Å². The predicted octanol–water partition coefficient (Wildman–Crippen LogP) is 7.57. The summed E-state index contributed by atoms with van der Waals surface area (Å²) in [5.41, 5.74) is -4.53. The monoisotopic (exact) mass is 693 g/mol. The van der Waals surface area contributed by atoms with Crippen LogP contribution in [0.5, 0.6) is 0 Å². The average molecular weight is 694 g/mol. The van der Waals surface area contributed by atoms with Gasteiger partial charge in [0.25, 0.3) is 21.6 Å². The predicted molar refractivity (Wildman–Crippen MR) is 161 cm³/mol. The van der Waals surface area contributed by atoms with Gasteiger partial charge in [-0.15, -0.1) is 0 Å². The summed E-state index contributed by atoms with van der Waals surface area (Å²) in [6.45, 7) is 1.69. The Hall–Kier alpha value is -5.25. The lowest BCUT2D eigenvalue weighted by atomic mass is 9.97. The van der Waals surface area contributed by atoms with Gasteiger partial charge in [0.05, 0.1) is 33.4 Å². The quantitative estimate of drug-likeness (QED) is 0.101. The molecule has 0 radical (unpaired) electrons. The zero-order chi connectivity index (χ0) is 35.6. The molecule has 0 spiro atoms. The molecule has 1 atom stereocenters. The number of nitro groups is 1. The van der Waals surface area contributed by atoms with E-state index < -0.39 is 74.1 Å². The Kier molecular flexibility index (Phi) is 9.99. The number of alkyl halides is 6. The maximum Gasteiger partial charge on any atom is 0.416 e. The number of hydrogen-bond acceptors (Lipinski definition) is 6. The van der Waals surface area contributed by atoms with Crippen molar-refractivity contribution in [1.82, 2.24) is 4.31 Å². The minimum absolute atomic E-state index is 0.134. The van der Waals surface area contributed by atoms with Gasteiger partial charge in [-0.2, -0.15) is 26.3 Å². The molecule has 16 heteroatoms. The lowest BCUT2D eigenvalue weighted by Gasteiger charge is -2.34. The van der Waals surface area contributed by atoms with Crippen LogP contribution in [0.1, 0.15) is 45.1 Å². The summed E-state index contributed by atoms with van der Waals surface area (Å²) in [4.78, 5) is 38.5. The Bertz CT molecular complexity index is 1900. The number of hydrogen-bond donors (Lipinski definition) is 0. The number of carbonyl (C=O) groups is 2. The molecule has 48 heavy (non-hydrogen) atoms. The van der Waals surface area contributed by atoms with Crippen LogP contribution in [0, 0.1) is 17.0 Å². The molecule has 9 nitrogen and oxygen atoms in total. The Morgan fingerprint density at radius 2 is 1.33 bits per heavy atom. The van der Waals surface area contributed by atoms with E-state index in [0.29, 0.717) is 26.9 Å². The van der Waals surface area contributed by atoms with Crippen molar-refractivity contribution in [2.75, 3.05) is 11.9 Å². The van der Waals surface area contributed by atoms with E-state index in [1.165, 1.54) is 54.6 Å². The topological polar surface area (TPSA) is 118 Å². The van der Waals surface area contributed by atoms with Gasteiger partial charge >= 0.3 is 12.4 Å². The Balaban J connectivity index is 1.96. The van der Waals surface area contributed by atoms with Crippen molar-refractivity contribution in [1.29, 1.82) is 0 Å². The van der Waals surface area contributed by atoms with E-state index in [2.05, 4.69) is 0 Å². The molecular formula is C32H25F6N3O6S. The van der Waals surface area contributed by atoms with Crippen molar-refractivity contribution in [3.8, 4) is 0 Å². The standard InChI is InChI=1S/C32H25F6N3O6S/c1-20-8-14-27(15-9-20)48(46,47)39(2)29(42)19-28(21-10-12-25(13-11-21)41(44)45)40(30(43)22-6-4-3-5-7-22)26-17-23(31(33,34)35)16-24(18-26)32(36,37)38/h3-18,28H,19H2,1-2H3/t28-/m1/s1. The number of nitro benzene ring substituents is 1. The highest BCUT2D eigenvalue weighted by Crippen LogP contribution is 2.41. The van der Waals surface area contributed by atoms with Crippen LogP contribution >= 0.6 is 0 Å². The molecule has 252 valence electrons. The first-order valence-electron chi connectivity index (χ1n) is 13.8. The van der Waals surface area contributed by atoms with Crippen LogP contribution in [0.15, 0.2) is 102 Å². The molecule has 4 rings (SSSR count). The van der Waals surface area contributed by atoms with Crippen molar-refractivity contribution in [3.05, 3.63) is 135 Å². The number of benzene rings is 4. The summed E-state index contributed by atoms with van der Waals surface area (Å²) in [5.74, 6) is -2.35. The Morgan fingerprint density at radius 3 is 1.81 bits per heavy atom. The second-order valence-electron chi connectivity index (χ2n) is 10.6. The zero-order valence-electron chi connectivity index (χ0n) is 25.0. The molecule has 4 aromatic carbocycles. The van der Waals surface area contributed by atoms with Gasteiger partial charge in [-0.05, 0) is 55.0 Å². The molecule has 2 amide bonds. The fourth-order valence-electron chi connectivity index (χ4n) is 4.71. The number of rotatable bonds is 9. The van der Waals surface area contributed by atoms with Gasteiger partial charge in [-0.1, -0.05) is 48.0 Å². The van der Waals surface area contributed by atoms with Crippen LogP contribution < -0.4 is 4.90 Å². The van der Waals surface area contributed by atoms with E-state index in [9.17, 15) is 54.5 Å². The molecule has 0 saturated heterocycles. The minimum Gasteiger partial charge on any atom is -0.300 e. The minimum atomic E-state index is -5.31. The van der Waals surface area contributed by atoms with Gasteiger partial charge in [0.15, 0.2) is 0 Å². The van der Waals surface area contributed by atoms with Gasteiger partial charge in [0.2, 0.25) is 5.91 Å². The van der Waals surface area contributed by atoms with Gasteiger partial charge in [0, 0.05) is 30.4 Å². The SMILES string of the molecule is Cc1ccc(S(=O)(=O)N(C)C(=O)C[C@H](c2ccc([N+](=O)[O-])cc2)N(C(=O)c2ccccc2)c2cc(C(F)(F)F)cc(C(F)(F)F)c2)cc1. The summed E-state index contributed by atoms with van der Waals surface area (Å²) < 4.78 is 111. The third-order valence-corrected chi connectivity index (χ3v) is 9.08. The molecule has 0 fully saturated rings. The maximum atomic E-state index is 14.1. The molecule has 0 saturated carbocycles. The number of nitrogens with zero attached hydrogens (tertiary/aromatic N) is 3. The molecule has 0 bridgehead atoms. The summed E-state index contributed by atoms with van der Waals surface area (Å²) in [5, 5.41) is 11.3.